The predicted octanol–water partition coefficient (Wildman–Crippen LogP) is 1.34. The molecular weight excluding hydrogens is 334 g/mol. The lowest BCUT2D eigenvalue weighted by molar-refractivity contribution is -0.119. The quantitative estimate of drug-likeness (QED) is 0.565. The van der Waals surface area contributed by atoms with E-state index in [1.807, 2.05) is 0 Å². The number of hydrogen-bond acceptors (Lipinski definition) is 5. The van der Waals surface area contributed by atoms with Gasteiger partial charge in [-0.05, 0) is 36.8 Å². The minimum absolute atomic E-state index is 0.0139. The number of phenolic OH excluding ortho intramolecular Hbond substituents is 1. The number of rotatable bonds is 4. The molecule has 1 aliphatic heterocycles. The second kappa shape index (κ2) is 6.47. The summed E-state index contributed by atoms with van der Waals surface area (Å²) in [6, 6.07) is 8.26. The lowest BCUT2D eigenvalue weighted by Gasteiger charge is -2.12. The standard InChI is InChI=1S/C18H17N5O3/c24-12-4-1-10(2-5-12)15-7-13(14-9-20-23-17(14)22-15)18(26)19-8-11-3-6-16(25)21-11/h1-2,4-5,7,9,11,24H,3,6,8H2,(H,19,26)(H,21,25)(H,20,22,23). The molecule has 26 heavy (non-hydrogen) atoms. The predicted molar refractivity (Wildman–Crippen MR) is 94.5 cm³/mol. The second-order valence-corrected chi connectivity index (χ2v) is 6.25. The van der Waals surface area contributed by atoms with Crippen molar-refractivity contribution in [3.63, 3.8) is 0 Å². The molecule has 1 aliphatic rings. The van der Waals surface area contributed by atoms with Gasteiger partial charge < -0.3 is 15.7 Å². The summed E-state index contributed by atoms with van der Waals surface area (Å²) in [6.45, 7) is 0.376. The molecule has 1 atom stereocenters. The van der Waals surface area contributed by atoms with E-state index < -0.39 is 0 Å². The van der Waals surface area contributed by atoms with E-state index in [2.05, 4.69) is 25.8 Å². The van der Waals surface area contributed by atoms with Crippen molar-refractivity contribution < 1.29 is 14.7 Å². The molecule has 8 heteroatoms. The first-order chi connectivity index (χ1) is 12.6. The Morgan fingerprint density at radius 3 is 2.85 bits per heavy atom. The van der Waals surface area contributed by atoms with Crippen LogP contribution in [0, 0.1) is 0 Å². The Kier molecular flexibility index (Phi) is 4.00. The Morgan fingerprint density at radius 2 is 2.12 bits per heavy atom. The van der Waals surface area contributed by atoms with Crippen LogP contribution in [0.2, 0.25) is 0 Å². The number of carbonyl (C=O) groups excluding carboxylic acids is 2. The van der Waals surface area contributed by atoms with E-state index in [4.69, 9.17) is 0 Å². The summed E-state index contributed by atoms with van der Waals surface area (Å²) in [5.74, 6) is -0.0760. The van der Waals surface area contributed by atoms with Crippen molar-refractivity contribution in [2.45, 2.75) is 18.9 Å². The van der Waals surface area contributed by atoms with Gasteiger partial charge in [-0.3, -0.25) is 14.7 Å². The van der Waals surface area contributed by atoms with Gasteiger partial charge in [0.25, 0.3) is 5.91 Å². The highest BCUT2D eigenvalue weighted by Crippen LogP contribution is 2.25. The third-order valence-corrected chi connectivity index (χ3v) is 4.42. The first-order valence-electron chi connectivity index (χ1n) is 8.31. The number of aromatic hydroxyl groups is 1. The number of amides is 2. The first-order valence-corrected chi connectivity index (χ1v) is 8.31. The molecule has 1 unspecified atom stereocenters. The molecule has 0 radical (unpaired) electrons. The van der Waals surface area contributed by atoms with Crippen LogP contribution in [0.3, 0.4) is 0 Å². The lowest BCUT2D eigenvalue weighted by atomic mass is 10.1. The van der Waals surface area contributed by atoms with Crippen LogP contribution in [-0.4, -0.2) is 44.7 Å². The van der Waals surface area contributed by atoms with Crippen molar-refractivity contribution in [1.29, 1.82) is 0 Å². The number of aromatic amines is 1. The van der Waals surface area contributed by atoms with Gasteiger partial charge in [-0.1, -0.05) is 0 Å². The van der Waals surface area contributed by atoms with E-state index in [0.29, 0.717) is 35.3 Å². The number of carbonyl (C=O) groups is 2. The minimum Gasteiger partial charge on any atom is -0.508 e. The third kappa shape index (κ3) is 3.08. The van der Waals surface area contributed by atoms with Crippen LogP contribution in [-0.2, 0) is 4.79 Å². The summed E-state index contributed by atoms with van der Waals surface area (Å²) in [7, 11) is 0. The smallest absolute Gasteiger partial charge is 0.252 e. The lowest BCUT2D eigenvalue weighted by Crippen LogP contribution is -2.38. The fraction of sp³-hybridized carbons (Fsp3) is 0.222. The summed E-state index contributed by atoms with van der Waals surface area (Å²) in [6.07, 6.45) is 2.78. The number of nitrogens with one attached hydrogen (secondary N) is 3. The number of pyridine rings is 1. The zero-order chi connectivity index (χ0) is 18.1. The zero-order valence-electron chi connectivity index (χ0n) is 13.8. The molecule has 4 rings (SSSR count). The zero-order valence-corrected chi connectivity index (χ0v) is 13.8. The highest BCUT2D eigenvalue weighted by atomic mass is 16.3. The summed E-state index contributed by atoms with van der Waals surface area (Å²) >= 11 is 0. The van der Waals surface area contributed by atoms with Crippen LogP contribution >= 0.6 is 0 Å². The number of H-pyrrole nitrogens is 1. The Bertz CT molecular complexity index is 980. The van der Waals surface area contributed by atoms with Crippen molar-refractivity contribution in [3.8, 4) is 17.0 Å². The molecule has 1 saturated heterocycles. The average Bonchev–Trinajstić information content (AvgIpc) is 3.28. The Morgan fingerprint density at radius 1 is 1.31 bits per heavy atom. The van der Waals surface area contributed by atoms with Crippen LogP contribution in [0.25, 0.3) is 22.3 Å². The number of benzene rings is 1. The van der Waals surface area contributed by atoms with E-state index >= 15 is 0 Å². The molecule has 0 saturated carbocycles. The Balaban J connectivity index is 1.62. The van der Waals surface area contributed by atoms with Crippen molar-refractivity contribution in [3.05, 3.63) is 42.1 Å². The summed E-state index contributed by atoms with van der Waals surface area (Å²) in [4.78, 5) is 28.5. The van der Waals surface area contributed by atoms with Gasteiger partial charge in [0.05, 0.1) is 22.8 Å². The number of hydrogen-bond donors (Lipinski definition) is 4. The molecular formula is C18H17N5O3. The van der Waals surface area contributed by atoms with E-state index in [9.17, 15) is 14.7 Å². The molecule has 0 spiro atoms. The maximum atomic E-state index is 12.7. The van der Waals surface area contributed by atoms with E-state index in [-0.39, 0.29) is 23.6 Å². The molecule has 8 nitrogen and oxygen atoms in total. The van der Waals surface area contributed by atoms with E-state index in [1.54, 1.807) is 36.5 Å². The normalized spacial score (nSPS) is 16.6. The molecule has 3 heterocycles. The molecule has 0 bridgehead atoms. The van der Waals surface area contributed by atoms with E-state index in [0.717, 1.165) is 12.0 Å². The highest BCUT2D eigenvalue weighted by Gasteiger charge is 2.22. The topological polar surface area (TPSA) is 120 Å². The maximum Gasteiger partial charge on any atom is 0.252 e. The van der Waals surface area contributed by atoms with Crippen LogP contribution in [0.1, 0.15) is 23.2 Å². The van der Waals surface area contributed by atoms with Gasteiger partial charge in [-0.25, -0.2) is 4.98 Å². The molecule has 3 aromatic rings. The summed E-state index contributed by atoms with van der Waals surface area (Å²) in [5.41, 5.74) is 2.34. The van der Waals surface area contributed by atoms with Crippen LogP contribution in [0.5, 0.6) is 5.75 Å². The van der Waals surface area contributed by atoms with Crippen LogP contribution in [0.4, 0.5) is 0 Å². The molecule has 1 aromatic carbocycles. The number of nitrogens with zero attached hydrogens (tertiary/aromatic N) is 2. The van der Waals surface area contributed by atoms with Gasteiger partial charge >= 0.3 is 0 Å². The van der Waals surface area contributed by atoms with Gasteiger partial charge in [0.2, 0.25) is 5.91 Å². The van der Waals surface area contributed by atoms with Gasteiger partial charge in [0.1, 0.15) is 5.75 Å². The monoisotopic (exact) mass is 351 g/mol. The molecule has 2 aromatic heterocycles. The number of aromatic nitrogens is 3. The van der Waals surface area contributed by atoms with Crippen LogP contribution in [0.15, 0.2) is 36.5 Å². The SMILES string of the molecule is O=C1CCC(CNC(=O)c2cc(-c3ccc(O)cc3)nc3[nH]ncc23)N1. The molecule has 1 fully saturated rings. The largest absolute Gasteiger partial charge is 0.508 e. The second-order valence-electron chi connectivity index (χ2n) is 6.25. The fourth-order valence-electron chi connectivity index (χ4n) is 3.04. The van der Waals surface area contributed by atoms with E-state index in [1.165, 1.54) is 0 Å². The molecule has 132 valence electrons. The minimum atomic E-state index is -0.250. The Labute approximate surface area is 148 Å². The van der Waals surface area contributed by atoms with Crippen molar-refractivity contribution in [1.82, 2.24) is 25.8 Å². The highest BCUT2D eigenvalue weighted by molar-refractivity contribution is 6.06. The average molecular weight is 351 g/mol. The molecule has 2 amide bonds. The summed E-state index contributed by atoms with van der Waals surface area (Å²) < 4.78 is 0. The maximum absolute atomic E-state index is 12.7. The van der Waals surface area contributed by atoms with Crippen molar-refractivity contribution in [2.75, 3.05) is 6.54 Å². The molecule has 0 aliphatic carbocycles. The number of fused-ring (bicyclic) bond motifs is 1. The third-order valence-electron chi connectivity index (χ3n) is 4.42. The van der Waals surface area contributed by atoms with Gasteiger partial charge in [-0.2, -0.15) is 5.10 Å². The van der Waals surface area contributed by atoms with Crippen molar-refractivity contribution in [2.24, 2.45) is 0 Å². The summed E-state index contributed by atoms with van der Waals surface area (Å²) in [5, 5.41) is 22.5. The molecule has 4 N–H and O–H groups in total. The van der Waals surface area contributed by atoms with Gasteiger partial charge in [0, 0.05) is 24.6 Å². The van der Waals surface area contributed by atoms with Crippen LogP contribution < -0.4 is 10.6 Å². The number of phenols is 1. The fourth-order valence-corrected chi connectivity index (χ4v) is 3.04. The Hall–Kier alpha value is -3.42. The van der Waals surface area contributed by atoms with Gasteiger partial charge in [0.15, 0.2) is 5.65 Å². The van der Waals surface area contributed by atoms with Crippen molar-refractivity contribution >= 4 is 22.8 Å². The first kappa shape index (κ1) is 16.1. The van der Waals surface area contributed by atoms with Gasteiger partial charge in [-0.15, -0.1) is 0 Å².